The summed E-state index contributed by atoms with van der Waals surface area (Å²) in [4.78, 5) is 17.8. The van der Waals surface area contributed by atoms with E-state index in [-0.39, 0.29) is 22.9 Å². The fraction of sp³-hybridized carbons (Fsp3) is 0.280. The van der Waals surface area contributed by atoms with Gasteiger partial charge in [0, 0.05) is 30.1 Å². The first-order chi connectivity index (χ1) is 17.6. The Bertz CT molecular complexity index is 1530. The summed E-state index contributed by atoms with van der Waals surface area (Å²) < 4.78 is 41.6. The van der Waals surface area contributed by atoms with Crippen LogP contribution in [0.15, 0.2) is 46.6 Å². The summed E-state index contributed by atoms with van der Waals surface area (Å²) in [7, 11) is 0. The topological polar surface area (TPSA) is 98.4 Å². The molecule has 2 aromatic carbocycles. The Labute approximate surface area is 217 Å². The van der Waals surface area contributed by atoms with E-state index in [1.165, 1.54) is 12.1 Å². The quantitative estimate of drug-likeness (QED) is 0.497. The molecule has 1 aromatic heterocycles. The number of fused-ring (bicyclic) bond motifs is 1. The summed E-state index contributed by atoms with van der Waals surface area (Å²) in [6.45, 7) is 0.899. The van der Waals surface area contributed by atoms with Crippen molar-refractivity contribution in [2.45, 2.75) is 25.4 Å². The van der Waals surface area contributed by atoms with Crippen molar-refractivity contribution >= 4 is 45.8 Å². The summed E-state index contributed by atoms with van der Waals surface area (Å²) in [5, 5.41) is 29.7. The average Bonchev–Trinajstić information content (AvgIpc) is 3.48. The molecule has 3 heterocycles. The second-order valence-corrected chi connectivity index (χ2v) is 10.2. The number of anilines is 1. The highest BCUT2D eigenvalue weighted by Gasteiger charge is 2.34. The molecule has 192 valence electrons. The summed E-state index contributed by atoms with van der Waals surface area (Å²) in [5.41, 5.74) is 0.317. The predicted octanol–water partition coefficient (Wildman–Crippen LogP) is 4.23. The molecule has 1 saturated heterocycles. The van der Waals surface area contributed by atoms with Crippen molar-refractivity contribution in [2.24, 2.45) is 16.1 Å². The zero-order valence-electron chi connectivity index (χ0n) is 19.2. The van der Waals surface area contributed by atoms with Crippen molar-refractivity contribution in [1.29, 1.82) is 0 Å². The standard InChI is InChI=1S/C25H20ClF3N4O3S/c26-17-3-1-15(19(11-17)25(27,28)29)10-18(14-2-4-20-16(9-14)12-30-32-20)21-22(34)31-24(37-21)33-7-5-13(6-8-33)23(35)36/h1-4,9,11-13,34H,5-8,10H2,(H,35,36). The van der Waals surface area contributed by atoms with Crippen LogP contribution in [0, 0.1) is 5.92 Å². The number of hydrogen-bond acceptors (Lipinski definition) is 7. The molecule has 2 aliphatic rings. The minimum absolute atomic E-state index is 0.00220. The van der Waals surface area contributed by atoms with Crippen molar-refractivity contribution in [3.05, 3.63) is 73.6 Å². The molecule has 0 aliphatic carbocycles. The molecule has 12 heteroatoms. The number of aromatic hydroxyl groups is 1. The van der Waals surface area contributed by atoms with Crippen LogP contribution in [0.1, 0.15) is 34.4 Å². The van der Waals surface area contributed by atoms with Gasteiger partial charge in [-0.05, 0) is 53.5 Å². The highest BCUT2D eigenvalue weighted by Crippen LogP contribution is 2.40. The van der Waals surface area contributed by atoms with E-state index in [1.807, 2.05) is 4.90 Å². The van der Waals surface area contributed by atoms with Crippen LogP contribution >= 0.6 is 22.9 Å². The number of nitrogens with zero attached hydrogens (tertiary/aromatic N) is 4. The lowest BCUT2D eigenvalue weighted by Crippen LogP contribution is -2.36. The van der Waals surface area contributed by atoms with Crippen LogP contribution in [0.2, 0.25) is 5.02 Å². The molecule has 2 N–H and O–H groups in total. The smallest absolute Gasteiger partial charge is 0.416 e. The van der Waals surface area contributed by atoms with Gasteiger partial charge in [-0.15, -0.1) is 0 Å². The molecular weight excluding hydrogens is 529 g/mol. The molecular formula is C25H20ClF3N4O3S. The Kier molecular flexibility index (Phi) is 6.67. The lowest BCUT2D eigenvalue weighted by Gasteiger charge is -2.29. The number of piperidine rings is 1. The predicted molar refractivity (Wildman–Crippen MR) is 134 cm³/mol. The maximum Gasteiger partial charge on any atom is 0.416 e. The number of carboxylic acids is 1. The molecule has 0 saturated carbocycles. The number of carbonyl (C=O) groups is 1. The number of hydrogen-bond donors (Lipinski definition) is 2. The SMILES string of the molecule is O=C(O)C1CCN(c2nc(O)c(C(Cc3ccc(Cl)cc3C(F)(F)F)=c3ccc4c(c3)C=NN=4)s2)CC1. The third kappa shape index (κ3) is 5.19. The largest absolute Gasteiger partial charge is 0.492 e. The number of carboxylic acid groups (broad SMARTS) is 1. The van der Waals surface area contributed by atoms with Gasteiger partial charge < -0.3 is 15.1 Å². The Morgan fingerprint density at radius 2 is 1.92 bits per heavy atom. The Balaban J connectivity index is 1.60. The van der Waals surface area contributed by atoms with Gasteiger partial charge in [-0.1, -0.05) is 35.1 Å². The first-order valence-electron chi connectivity index (χ1n) is 11.4. The van der Waals surface area contributed by atoms with Crippen LogP contribution in [0.4, 0.5) is 18.3 Å². The molecule has 3 aromatic rings. The number of thiazole rings is 1. The second-order valence-electron chi connectivity index (χ2n) is 8.82. The third-order valence-electron chi connectivity index (χ3n) is 6.47. The summed E-state index contributed by atoms with van der Waals surface area (Å²) in [5.74, 6) is -1.57. The molecule has 7 nitrogen and oxygen atoms in total. The molecule has 37 heavy (non-hydrogen) atoms. The van der Waals surface area contributed by atoms with Crippen LogP contribution in [-0.2, 0) is 17.4 Å². The fourth-order valence-corrected chi connectivity index (χ4v) is 5.76. The number of halogens is 4. The van der Waals surface area contributed by atoms with E-state index in [2.05, 4.69) is 15.2 Å². The van der Waals surface area contributed by atoms with Crippen molar-refractivity contribution < 1.29 is 28.2 Å². The lowest BCUT2D eigenvalue weighted by molar-refractivity contribution is -0.142. The van der Waals surface area contributed by atoms with Gasteiger partial charge in [-0.3, -0.25) is 4.79 Å². The van der Waals surface area contributed by atoms with Gasteiger partial charge in [0.1, 0.15) is 0 Å². The number of aromatic nitrogens is 1. The number of benzene rings is 2. The van der Waals surface area contributed by atoms with E-state index < -0.39 is 23.6 Å². The molecule has 0 radical (unpaired) electrons. The molecule has 0 unspecified atom stereocenters. The van der Waals surface area contributed by atoms with Crippen LogP contribution < -0.4 is 15.5 Å². The van der Waals surface area contributed by atoms with Crippen LogP contribution in [0.5, 0.6) is 5.88 Å². The van der Waals surface area contributed by atoms with E-state index in [1.54, 1.807) is 24.4 Å². The van der Waals surface area contributed by atoms with Crippen molar-refractivity contribution in [1.82, 2.24) is 4.98 Å². The molecule has 0 spiro atoms. The van der Waals surface area contributed by atoms with Gasteiger partial charge in [-0.25, -0.2) is 0 Å². The molecule has 5 rings (SSSR count). The highest BCUT2D eigenvalue weighted by atomic mass is 35.5. The van der Waals surface area contributed by atoms with Crippen molar-refractivity contribution in [3.8, 4) is 5.88 Å². The van der Waals surface area contributed by atoms with E-state index >= 15 is 0 Å². The van der Waals surface area contributed by atoms with Gasteiger partial charge in [0.2, 0.25) is 5.88 Å². The monoisotopic (exact) mass is 548 g/mol. The van der Waals surface area contributed by atoms with E-state index in [9.17, 15) is 28.2 Å². The molecule has 0 atom stereocenters. The zero-order valence-corrected chi connectivity index (χ0v) is 20.7. The van der Waals surface area contributed by atoms with Gasteiger partial charge in [0.25, 0.3) is 0 Å². The second kappa shape index (κ2) is 9.79. The number of rotatable bonds is 5. The summed E-state index contributed by atoms with van der Waals surface area (Å²) in [6, 6.07) is 8.86. The minimum atomic E-state index is -4.62. The number of alkyl halides is 3. The molecule has 2 aliphatic heterocycles. The van der Waals surface area contributed by atoms with Crippen molar-refractivity contribution in [3.63, 3.8) is 0 Å². The van der Waals surface area contributed by atoms with E-state index in [4.69, 9.17) is 11.6 Å². The van der Waals surface area contributed by atoms with E-state index in [0.29, 0.717) is 57.7 Å². The molecule has 0 amide bonds. The van der Waals surface area contributed by atoms with Gasteiger partial charge in [-0.2, -0.15) is 28.4 Å². The molecule has 1 fully saturated rings. The van der Waals surface area contributed by atoms with E-state index in [0.717, 1.165) is 17.4 Å². The zero-order chi connectivity index (χ0) is 26.3. The summed E-state index contributed by atoms with van der Waals surface area (Å²) >= 11 is 7.04. The van der Waals surface area contributed by atoms with Gasteiger partial charge >= 0.3 is 12.1 Å². The van der Waals surface area contributed by atoms with Gasteiger partial charge in [0.15, 0.2) is 5.13 Å². The first-order valence-corrected chi connectivity index (χ1v) is 12.6. The van der Waals surface area contributed by atoms with Crippen LogP contribution in [0.25, 0.3) is 5.57 Å². The third-order valence-corrected chi connectivity index (χ3v) is 7.87. The minimum Gasteiger partial charge on any atom is -0.492 e. The lowest BCUT2D eigenvalue weighted by atomic mass is 9.96. The first kappa shape index (κ1) is 25.2. The normalized spacial score (nSPS) is 16.5. The van der Waals surface area contributed by atoms with Crippen LogP contribution in [-0.4, -0.2) is 40.5 Å². The molecule has 0 bridgehead atoms. The van der Waals surface area contributed by atoms with Crippen molar-refractivity contribution in [2.75, 3.05) is 18.0 Å². The maximum absolute atomic E-state index is 13.9. The Hall–Kier alpha value is -3.44. The Morgan fingerprint density at radius 1 is 1.16 bits per heavy atom. The number of aliphatic carboxylic acids is 1. The average molecular weight is 549 g/mol. The van der Waals surface area contributed by atoms with Crippen LogP contribution in [0.3, 0.4) is 0 Å². The maximum atomic E-state index is 13.9. The van der Waals surface area contributed by atoms with Gasteiger partial charge in [0.05, 0.1) is 27.9 Å². The Morgan fingerprint density at radius 3 is 2.62 bits per heavy atom. The summed E-state index contributed by atoms with van der Waals surface area (Å²) in [6.07, 6.45) is -2.33. The fourth-order valence-electron chi connectivity index (χ4n) is 4.51. The highest BCUT2D eigenvalue weighted by molar-refractivity contribution is 7.17.